The maximum atomic E-state index is 11.0. The van der Waals surface area contributed by atoms with Gasteiger partial charge in [0.2, 0.25) is 0 Å². The highest BCUT2D eigenvalue weighted by Crippen LogP contribution is 2.17. The van der Waals surface area contributed by atoms with Crippen LogP contribution < -0.4 is 0 Å². The standard InChI is InChI=1S/C13H16N2O4/c1-9-14-11-3-2-10(13(17)18)8-12(11)15(9)4-6-19-7-5-16/h2-3,8,16H,4-7H2,1H3,(H,17,18). The Morgan fingerprint density at radius 2 is 2.21 bits per heavy atom. The van der Waals surface area contributed by atoms with E-state index in [0.717, 1.165) is 16.9 Å². The van der Waals surface area contributed by atoms with E-state index in [4.69, 9.17) is 14.9 Å². The van der Waals surface area contributed by atoms with Gasteiger partial charge in [-0.3, -0.25) is 0 Å². The molecule has 2 aromatic rings. The van der Waals surface area contributed by atoms with E-state index >= 15 is 0 Å². The molecule has 6 nitrogen and oxygen atoms in total. The molecule has 0 spiro atoms. The highest BCUT2D eigenvalue weighted by atomic mass is 16.5. The van der Waals surface area contributed by atoms with Crippen molar-refractivity contribution in [1.29, 1.82) is 0 Å². The second kappa shape index (κ2) is 5.81. The van der Waals surface area contributed by atoms with E-state index in [-0.39, 0.29) is 12.2 Å². The summed E-state index contributed by atoms with van der Waals surface area (Å²) in [6.07, 6.45) is 0. The van der Waals surface area contributed by atoms with Crippen LogP contribution in [0.4, 0.5) is 0 Å². The second-order valence-corrected chi connectivity index (χ2v) is 4.16. The molecule has 0 unspecified atom stereocenters. The molecular weight excluding hydrogens is 248 g/mol. The lowest BCUT2D eigenvalue weighted by molar-refractivity contribution is 0.0697. The van der Waals surface area contributed by atoms with Crippen LogP contribution in [-0.4, -0.2) is 45.6 Å². The fourth-order valence-electron chi connectivity index (χ4n) is 1.98. The van der Waals surface area contributed by atoms with Gasteiger partial charge in [0, 0.05) is 6.54 Å². The monoisotopic (exact) mass is 264 g/mol. The predicted octanol–water partition coefficient (Wildman–Crippen LogP) is 1.05. The largest absolute Gasteiger partial charge is 0.478 e. The number of aromatic carboxylic acids is 1. The van der Waals surface area contributed by atoms with Gasteiger partial charge in [-0.2, -0.15) is 0 Å². The Bertz CT molecular complexity index is 592. The van der Waals surface area contributed by atoms with Gasteiger partial charge in [-0.05, 0) is 25.1 Å². The van der Waals surface area contributed by atoms with Gasteiger partial charge < -0.3 is 19.5 Å². The summed E-state index contributed by atoms with van der Waals surface area (Å²) in [4.78, 5) is 15.4. The summed E-state index contributed by atoms with van der Waals surface area (Å²) >= 11 is 0. The third-order valence-corrected chi connectivity index (χ3v) is 2.88. The summed E-state index contributed by atoms with van der Waals surface area (Å²) in [5.41, 5.74) is 1.79. The average molecular weight is 264 g/mol. The number of nitrogens with zero attached hydrogens (tertiary/aromatic N) is 2. The van der Waals surface area contributed by atoms with Gasteiger partial charge in [0.05, 0.1) is 36.4 Å². The van der Waals surface area contributed by atoms with E-state index in [1.54, 1.807) is 18.2 Å². The van der Waals surface area contributed by atoms with E-state index in [2.05, 4.69) is 4.98 Å². The number of fused-ring (bicyclic) bond motifs is 1. The summed E-state index contributed by atoms with van der Waals surface area (Å²) < 4.78 is 7.14. The maximum absolute atomic E-state index is 11.0. The first-order valence-corrected chi connectivity index (χ1v) is 6.02. The third-order valence-electron chi connectivity index (χ3n) is 2.88. The van der Waals surface area contributed by atoms with Crippen molar-refractivity contribution in [3.05, 3.63) is 29.6 Å². The van der Waals surface area contributed by atoms with Crippen LogP contribution in [0.5, 0.6) is 0 Å². The van der Waals surface area contributed by atoms with Crippen LogP contribution in [-0.2, 0) is 11.3 Å². The van der Waals surface area contributed by atoms with Crippen molar-refractivity contribution in [2.75, 3.05) is 19.8 Å². The molecule has 0 bridgehead atoms. The Kier molecular flexibility index (Phi) is 4.13. The summed E-state index contributed by atoms with van der Waals surface area (Å²) in [6, 6.07) is 4.87. The molecule has 0 aliphatic heterocycles. The Labute approximate surface area is 110 Å². The zero-order valence-electron chi connectivity index (χ0n) is 10.7. The van der Waals surface area contributed by atoms with E-state index < -0.39 is 5.97 Å². The second-order valence-electron chi connectivity index (χ2n) is 4.16. The first-order valence-electron chi connectivity index (χ1n) is 6.02. The zero-order valence-corrected chi connectivity index (χ0v) is 10.7. The predicted molar refractivity (Wildman–Crippen MR) is 69.3 cm³/mol. The molecule has 0 saturated heterocycles. The number of aromatic nitrogens is 2. The van der Waals surface area contributed by atoms with Gasteiger partial charge in [-0.1, -0.05) is 0 Å². The molecule has 2 N–H and O–H groups in total. The lowest BCUT2D eigenvalue weighted by Crippen LogP contribution is -2.09. The van der Waals surface area contributed by atoms with Crippen molar-refractivity contribution < 1.29 is 19.7 Å². The number of aliphatic hydroxyl groups excluding tert-OH is 1. The molecule has 0 saturated carbocycles. The molecular formula is C13H16N2O4. The van der Waals surface area contributed by atoms with Crippen LogP contribution in [0.25, 0.3) is 11.0 Å². The molecule has 0 radical (unpaired) electrons. The minimum atomic E-state index is -0.955. The van der Waals surface area contributed by atoms with Gasteiger partial charge in [0.15, 0.2) is 0 Å². The Morgan fingerprint density at radius 3 is 2.89 bits per heavy atom. The Balaban J connectivity index is 2.28. The molecule has 102 valence electrons. The highest BCUT2D eigenvalue weighted by molar-refractivity contribution is 5.92. The van der Waals surface area contributed by atoms with Crippen LogP contribution in [0.1, 0.15) is 16.2 Å². The number of hydrogen-bond donors (Lipinski definition) is 2. The summed E-state index contributed by atoms with van der Waals surface area (Å²) in [7, 11) is 0. The molecule has 19 heavy (non-hydrogen) atoms. The molecule has 6 heteroatoms. The zero-order chi connectivity index (χ0) is 13.8. The van der Waals surface area contributed by atoms with Crippen LogP contribution in [0.15, 0.2) is 18.2 Å². The normalized spacial score (nSPS) is 11.1. The third kappa shape index (κ3) is 2.91. The average Bonchev–Trinajstić information content (AvgIpc) is 2.70. The molecule has 0 aliphatic carbocycles. The number of aryl methyl sites for hydroxylation is 1. The molecule has 0 aliphatic rings. The lowest BCUT2D eigenvalue weighted by atomic mass is 10.2. The SMILES string of the molecule is Cc1nc2ccc(C(=O)O)cc2n1CCOCCO. The topological polar surface area (TPSA) is 84.6 Å². The number of aliphatic hydroxyl groups is 1. The number of benzene rings is 1. The van der Waals surface area contributed by atoms with Crippen molar-refractivity contribution in [3.63, 3.8) is 0 Å². The molecule has 0 amide bonds. The van der Waals surface area contributed by atoms with Crippen LogP contribution in [0.3, 0.4) is 0 Å². The van der Waals surface area contributed by atoms with Gasteiger partial charge >= 0.3 is 5.97 Å². The summed E-state index contributed by atoms with van der Waals surface area (Å²) in [6.45, 7) is 3.18. The number of carboxylic acids is 1. The van der Waals surface area contributed by atoms with Gasteiger partial charge in [0.1, 0.15) is 5.82 Å². The number of carbonyl (C=O) groups is 1. The van der Waals surface area contributed by atoms with Crippen molar-refractivity contribution >= 4 is 17.0 Å². The smallest absolute Gasteiger partial charge is 0.335 e. The first-order chi connectivity index (χ1) is 9.13. The van der Waals surface area contributed by atoms with Crippen molar-refractivity contribution in [2.24, 2.45) is 0 Å². The minimum absolute atomic E-state index is 0.00712. The van der Waals surface area contributed by atoms with Gasteiger partial charge in [-0.15, -0.1) is 0 Å². The van der Waals surface area contributed by atoms with E-state index in [1.807, 2.05) is 11.5 Å². The lowest BCUT2D eigenvalue weighted by Gasteiger charge is -2.07. The van der Waals surface area contributed by atoms with Gasteiger partial charge in [0.25, 0.3) is 0 Å². The molecule has 1 aromatic carbocycles. The van der Waals surface area contributed by atoms with Crippen molar-refractivity contribution in [3.8, 4) is 0 Å². The molecule has 1 heterocycles. The Morgan fingerprint density at radius 1 is 1.42 bits per heavy atom. The summed E-state index contributed by atoms with van der Waals surface area (Å²) in [5.74, 6) is -0.144. The van der Waals surface area contributed by atoms with Crippen molar-refractivity contribution in [2.45, 2.75) is 13.5 Å². The fourth-order valence-corrected chi connectivity index (χ4v) is 1.98. The number of imidazole rings is 1. The minimum Gasteiger partial charge on any atom is -0.478 e. The molecule has 1 aromatic heterocycles. The van der Waals surface area contributed by atoms with Crippen LogP contribution >= 0.6 is 0 Å². The first kappa shape index (κ1) is 13.5. The number of rotatable bonds is 6. The Hall–Kier alpha value is -1.92. The molecule has 2 rings (SSSR count). The van der Waals surface area contributed by atoms with Crippen LogP contribution in [0, 0.1) is 6.92 Å². The highest BCUT2D eigenvalue weighted by Gasteiger charge is 2.10. The van der Waals surface area contributed by atoms with Crippen molar-refractivity contribution in [1.82, 2.24) is 9.55 Å². The van der Waals surface area contributed by atoms with Crippen LogP contribution in [0.2, 0.25) is 0 Å². The van der Waals surface area contributed by atoms with E-state index in [0.29, 0.717) is 19.8 Å². The number of ether oxygens (including phenoxy) is 1. The molecule has 0 atom stereocenters. The van der Waals surface area contributed by atoms with E-state index in [9.17, 15) is 4.79 Å². The van der Waals surface area contributed by atoms with Gasteiger partial charge in [-0.25, -0.2) is 9.78 Å². The number of hydrogen-bond acceptors (Lipinski definition) is 4. The molecule has 0 fully saturated rings. The summed E-state index contributed by atoms with van der Waals surface area (Å²) in [5, 5.41) is 17.6. The fraction of sp³-hybridized carbons (Fsp3) is 0.385. The maximum Gasteiger partial charge on any atom is 0.335 e. The number of carboxylic acid groups (broad SMARTS) is 1. The quantitative estimate of drug-likeness (QED) is 0.762. The van der Waals surface area contributed by atoms with E-state index in [1.165, 1.54) is 0 Å².